The first kappa shape index (κ1) is 23.7. The minimum atomic E-state index is -4.16. The van der Waals surface area contributed by atoms with E-state index >= 15 is 0 Å². The Labute approximate surface area is 200 Å². The van der Waals surface area contributed by atoms with Crippen LogP contribution in [0.2, 0.25) is 0 Å². The van der Waals surface area contributed by atoms with Crippen LogP contribution in [0.3, 0.4) is 0 Å². The number of fused-ring (bicyclic) bond motifs is 1. The van der Waals surface area contributed by atoms with Crippen LogP contribution in [0.25, 0.3) is 11.0 Å². The number of nitrogens with one attached hydrogen (secondary N) is 3. The van der Waals surface area contributed by atoms with Gasteiger partial charge in [0.1, 0.15) is 18.1 Å². The van der Waals surface area contributed by atoms with Gasteiger partial charge in [0.05, 0.1) is 23.0 Å². The number of sulfonamides is 1. The molecule has 5 N–H and O–H groups in total. The molecule has 4 aromatic rings. The molecule has 0 atom stereocenters. The van der Waals surface area contributed by atoms with E-state index in [1.807, 2.05) is 0 Å². The van der Waals surface area contributed by atoms with Crippen LogP contribution in [0, 0.1) is 0 Å². The van der Waals surface area contributed by atoms with Gasteiger partial charge >= 0.3 is 0 Å². The monoisotopic (exact) mass is 495 g/mol. The number of ether oxygens (including phenoxy) is 1. The van der Waals surface area contributed by atoms with Crippen LogP contribution < -0.4 is 20.1 Å². The second-order valence-electron chi connectivity index (χ2n) is 7.29. The maximum atomic E-state index is 13.2. The minimum Gasteiger partial charge on any atom is -0.508 e. The zero-order valence-corrected chi connectivity index (χ0v) is 19.2. The van der Waals surface area contributed by atoms with Gasteiger partial charge in [0.15, 0.2) is 11.6 Å². The lowest BCUT2D eigenvalue weighted by molar-refractivity contribution is -0.118. The van der Waals surface area contributed by atoms with E-state index in [-0.39, 0.29) is 28.0 Å². The Kier molecular flexibility index (Phi) is 6.66. The molecule has 0 spiro atoms. The van der Waals surface area contributed by atoms with Crippen molar-refractivity contribution in [1.29, 1.82) is 0 Å². The van der Waals surface area contributed by atoms with E-state index in [4.69, 9.17) is 9.84 Å². The Morgan fingerprint density at radius 2 is 1.66 bits per heavy atom. The Hall–Kier alpha value is -4.42. The number of nitrogens with zero attached hydrogens (tertiary/aromatic N) is 2. The fourth-order valence-electron chi connectivity index (χ4n) is 3.20. The third-order valence-corrected chi connectivity index (χ3v) is 6.10. The maximum absolute atomic E-state index is 13.2. The molecule has 1 heterocycles. The van der Waals surface area contributed by atoms with Crippen molar-refractivity contribution in [2.45, 2.75) is 4.90 Å². The Morgan fingerprint density at radius 1 is 0.943 bits per heavy atom. The number of methoxy groups -OCH3 is 1. The third kappa shape index (κ3) is 5.57. The molecule has 0 saturated carbocycles. The molecule has 0 saturated heterocycles. The topological polar surface area (TPSA) is 163 Å². The molecule has 0 fully saturated rings. The number of aliphatic hydroxyl groups excluding tert-OH is 1. The number of anilines is 4. The van der Waals surface area contributed by atoms with Gasteiger partial charge in [-0.3, -0.25) is 9.52 Å². The van der Waals surface area contributed by atoms with Gasteiger partial charge in [0, 0.05) is 29.6 Å². The number of carbonyl (C=O) groups excluding carboxylic acids is 1. The Bertz CT molecular complexity index is 1510. The van der Waals surface area contributed by atoms with Gasteiger partial charge in [-0.1, -0.05) is 18.2 Å². The van der Waals surface area contributed by atoms with Crippen LogP contribution in [0.15, 0.2) is 71.6 Å². The molecule has 180 valence electrons. The summed E-state index contributed by atoms with van der Waals surface area (Å²) in [7, 11) is -2.71. The largest absolute Gasteiger partial charge is 0.508 e. The average Bonchev–Trinajstić information content (AvgIpc) is 2.84. The van der Waals surface area contributed by atoms with Gasteiger partial charge < -0.3 is 25.6 Å². The molecule has 1 aromatic heterocycles. The van der Waals surface area contributed by atoms with E-state index < -0.39 is 22.5 Å². The van der Waals surface area contributed by atoms with Crippen LogP contribution in [0.1, 0.15) is 0 Å². The van der Waals surface area contributed by atoms with E-state index in [0.717, 1.165) is 0 Å². The highest BCUT2D eigenvalue weighted by molar-refractivity contribution is 7.92. The normalized spacial score (nSPS) is 11.1. The summed E-state index contributed by atoms with van der Waals surface area (Å²) in [6.07, 6.45) is 0. The molecule has 1 amide bonds. The Balaban J connectivity index is 1.73. The van der Waals surface area contributed by atoms with E-state index in [2.05, 4.69) is 25.3 Å². The molecule has 0 bridgehead atoms. The number of hydrogen-bond acceptors (Lipinski definition) is 9. The fraction of sp³-hybridized carbons (Fsp3) is 0.0870. The number of hydrogen-bond donors (Lipinski definition) is 5. The predicted octanol–water partition coefficient (Wildman–Crippen LogP) is 2.82. The molecule has 0 aliphatic rings. The van der Waals surface area contributed by atoms with Gasteiger partial charge in [-0.05, 0) is 30.3 Å². The van der Waals surface area contributed by atoms with Crippen molar-refractivity contribution in [3.8, 4) is 11.5 Å². The molecule has 3 aromatic carbocycles. The number of amides is 1. The highest BCUT2D eigenvalue weighted by Crippen LogP contribution is 2.31. The van der Waals surface area contributed by atoms with Crippen molar-refractivity contribution >= 4 is 50.0 Å². The van der Waals surface area contributed by atoms with Crippen molar-refractivity contribution in [1.82, 2.24) is 9.97 Å². The lowest BCUT2D eigenvalue weighted by atomic mass is 10.2. The van der Waals surface area contributed by atoms with Crippen LogP contribution in [0.4, 0.5) is 23.0 Å². The van der Waals surface area contributed by atoms with Crippen LogP contribution in [-0.4, -0.2) is 48.2 Å². The van der Waals surface area contributed by atoms with Crippen molar-refractivity contribution < 1.29 is 28.2 Å². The molecule has 12 heteroatoms. The first-order valence-electron chi connectivity index (χ1n) is 10.2. The lowest BCUT2D eigenvalue weighted by Gasteiger charge is -2.15. The lowest BCUT2D eigenvalue weighted by Crippen LogP contribution is -2.18. The second-order valence-corrected chi connectivity index (χ2v) is 8.98. The van der Waals surface area contributed by atoms with E-state index in [1.165, 1.54) is 43.5 Å². The zero-order chi connectivity index (χ0) is 25.0. The van der Waals surface area contributed by atoms with Crippen molar-refractivity contribution in [3.63, 3.8) is 0 Å². The van der Waals surface area contributed by atoms with Gasteiger partial charge in [-0.25, -0.2) is 18.4 Å². The molecule has 0 aliphatic heterocycles. The molecular weight excluding hydrogens is 474 g/mol. The van der Waals surface area contributed by atoms with E-state index in [9.17, 15) is 18.3 Å². The van der Waals surface area contributed by atoms with Crippen molar-refractivity contribution in [2.24, 2.45) is 0 Å². The van der Waals surface area contributed by atoms with Crippen molar-refractivity contribution in [3.05, 3.63) is 66.7 Å². The molecule has 35 heavy (non-hydrogen) atoms. The number of aromatic hydroxyl groups is 1. The van der Waals surface area contributed by atoms with Gasteiger partial charge in [-0.2, -0.15) is 0 Å². The standard InChI is InChI=1S/C23H21N5O6S/c1-34-17-10-15(9-16(30)12-17)25-22-23(27-20-8-3-2-7-19(20)26-22)28-35(32,33)18-6-4-5-14(11-18)24-21(31)13-29/h2-12,29-30H,13H2,1H3,(H,24,31)(H,25,26)(H,27,28). The molecule has 11 nitrogen and oxygen atoms in total. The summed E-state index contributed by atoms with van der Waals surface area (Å²) in [5.74, 6) is -0.365. The maximum Gasteiger partial charge on any atom is 0.263 e. The van der Waals surface area contributed by atoms with Crippen molar-refractivity contribution in [2.75, 3.05) is 29.1 Å². The van der Waals surface area contributed by atoms with Gasteiger partial charge in [0.2, 0.25) is 5.91 Å². The van der Waals surface area contributed by atoms with E-state index in [0.29, 0.717) is 22.5 Å². The number of benzene rings is 3. The highest BCUT2D eigenvalue weighted by atomic mass is 32.2. The summed E-state index contributed by atoms with van der Waals surface area (Å²) in [6, 6.07) is 16.9. The predicted molar refractivity (Wildman–Crippen MR) is 130 cm³/mol. The second kappa shape index (κ2) is 9.83. The summed E-state index contributed by atoms with van der Waals surface area (Å²) in [6.45, 7) is -0.739. The molecular formula is C23H21N5O6S. The van der Waals surface area contributed by atoms with E-state index in [1.54, 1.807) is 30.3 Å². The van der Waals surface area contributed by atoms with Crippen LogP contribution in [-0.2, 0) is 14.8 Å². The molecule has 0 radical (unpaired) electrons. The molecule has 4 rings (SSSR count). The number of rotatable bonds is 8. The van der Waals surface area contributed by atoms with Crippen LogP contribution in [0.5, 0.6) is 11.5 Å². The number of phenolic OH excluding ortho intramolecular Hbond substituents is 1. The summed E-state index contributed by atoms with van der Waals surface area (Å²) in [5.41, 5.74) is 1.55. The fourth-order valence-corrected chi connectivity index (χ4v) is 4.25. The number of aliphatic hydroxyl groups is 1. The number of carbonyl (C=O) groups is 1. The quantitative estimate of drug-likeness (QED) is 0.247. The SMILES string of the molecule is COc1cc(O)cc(Nc2nc3ccccc3nc2NS(=O)(=O)c2cccc(NC(=O)CO)c2)c1. The summed E-state index contributed by atoms with van der Waals surface area (Å²) < 4.78 is 34.0. The third-order valence-electron chi connectivity index (χ3n) is 4.76. The number of phenols is 1. The first-order chi connectivity index (χ1) is 16.8. The summed E-state index contributed by atoms with van der Waals surface area (Å²) in [5, 5.41) is 24.3. The number of para-hydroxylation sites is 2. The van der Waals surface area contributed by atoms with Crippen LogP contribution >= 0.6 is 0 Å². The summed E-state index contributed by atoms with van der Waals surface area (Å²) in [4.78, 5) is 20.2. The molecule has 0 unspecified atom stereocenters. The Morgan fingerprint density at radius 3 is 2.34 bits per heavy atom. The molecule has 0 aliphatic carbocycles. The highest BCUT2D eigenvalue weighted by Gasteiger charge is 2.20. The number of aromatic nitrogens is 2. The van der Waals surface area contributed by atoms with Gasteiger partial charge in [-0.15, -0.1) is 0 Å². The minimum absolute atomic E-state index is 0.0653. The smallest absolute Gasteiger partial charge is 0.263 e. The van der Waals surface area contributed by atoms with Gasteiger partial charge in [0.25, 0.3) is 10.0 Å². The first-order valence-corrected chi connectivity index (χ1v) is 11.7. The summed E-state index contributed by atoms with van der Waals surface area (Å²) >= 11 is 0. The average molecular weight is 496 g/mol. The zero-order valence-electron chi connectivity index (χ0n) is 18.4.